The third-order valence-corrected chi connectivity index (χ3v) is 7.17. The van der Waals surface area contributed by atoms with Crippen molar-refractivity contribution >= 4 is 21.7 Å². The van der Waals surface area contributed by atoms with Gasteiger partial charge in [0.15, 0.2) is 0 Å². The third-order valence-electron chi connectivity index (χ3n) is 5.27. The van der Waals surface area contributed by atoms with E-state index in [0.29, 0.717) is 11.6 Å². The topological polar surface area (TPSA) is 66.4 Å². The summed E-state index contributed by atoms with van der Waals surface area (Å²) in [4.78, 5) is 11.0. The van der Waals surface area contributed by atoms with Crippen LogP contribution in [-0.4, -0.2) is 37.2 Å². The second-order valence-corrected chi connectivity index (χ2v) is 9.58. The molecule has 1 aromatic carbocycles. The number of aromatic nitrogens is 2. The van der Waals surface area contributed by atoms with E-state index in [-0.39, 0.29) is 24.0 Å². The number of hydrogen-bond acceptors (Lipinski definition) is 5. The van der Waals surface area contributed by atoms with Gasteiger partial charge in [-0.25, -0.2) is 22.8 Å². The molecule has 1 aromatic heterocycles. The lowest BCUT2D eigenvalue weighted by atomic mass is 10.1. The van der Waals surface area contributed by atoms with Gasteiger partial charge in [0.2, 0.25) is 16.0 Å². The van der Waals surface area contributed by atoms with Gasteiger partial charge >= 0.3 is 0 Å². The zero-order chi connectivity index (χ0) is 19.6. The largest absolute Gasteiger partial charge is 0.341 e. The van der Waals surface area contributed by atoms with Crippen LogP contribution in [-0.2, 0) is 16.6 Å². The Labute approximate surface area is 165 Å². The summed E-state index contributed by atoms with van der Waals surface area (Å²) in [6, 6.07) is 5.91. The van der Waals surface area contributed by atoms with E-state index in [1.54, 1.807) is 24.5 Å². The van der Waals surface area contributed by atoms with Crippen LogP contribution in [0.3, 0.4) is 0 Å². The smallest absolute Gasteiger partial charge is 0.235 e. The van der Waals surface area contributed by atoms with Crippen LogP contribution < -0.4 is 9.21 Å². The molecule has 2 heterocycles. The number of hydrogen-bond donors (Lipinski definition) is 0. The first-order chi connectivity index (χ1) is 13.5. The highest BCUT2D eigenvalue weighted by molar-refractivity contribution is 7.92. The Hall–Kier alpha value is -2.22. The summed E-state index contributed by atoms with van der Waals surface area (Å²) in [7, 11) is -3.51. The molecule has 0 N–H and O–H groups in total. The predicted octanol–water partition coefficient (Wildman–Crippen LogP) is 3.35. The van der Waals surface area contributed by atoms with Crippen molar-refractivity contribution in [2.75, 3.05) is 28.0 Å². The third kappa shape index (κ3) is 4.60. The van der Waals surface area contributed by atoms with E-state index < -0.39 is 10.0 Å². The maximum Gasteiger partial charge on any atom is 0.235 e. The highest BCUT2D eigenvalue weighted by atomic mass is 32.2. The zero-order valence-corrected chi connectivity index (χ0v) is 16.6. The van der Waals surface area contributed by atoms with Crippen molar-refractivity contribution in [3.8, 4) is 0 Å². The minimum absolute atomic E-state index is 0.127. The van der Waals surface area contributed by atoms with Crippen molar-refractivity contribution in [1.29, 1.82) is 0 Å². The Bertz CT molecular complexity index is 893. The predicted molar refractivity (Wildman–Crippen MR) is 107 cm³/mol. The molecule has 1 saturated carbocycles. The Morgan fingerprint density at radius 1 is 1.04 bits per heavy atom. The molecule has 28 heavy (non-hydrogen) atoms. The molecule has 2 aliphatic rings. The van der Waals surface area contributed by atoms with Gasteiger partial charge in [-0.15, -0.1) is 0 Å². The highest BCUT2D eigenvalue weighted by Gasteiger charge is 2.32. The number of rotatable bonds is 7. The van der Waals surface area contributed by atoms with E-state index in [1.165, 1.54) is 22.9 Å². The van der Waals surface area contributed by atoms with Crippen molar-refractivity contribution in [3.05, 3.63) is 48.0 Å². The fourth-order valence-corrected chi connectivity index (χ4v) is 5.35. The molecular weight excluding hydrogens is 379 g/mol. The molecule has 2 aromatic rings. The molecule has 0 atom stereocenters. The first-order valence-corrected chi connectivity index (χ1v) is 11.4. The van der Waals surface area contributed by atoms with Crippen LogP contribution in [0, 0.1) is 11.7 Å². The summed E-state index contributed by atoms with van der Waals surface area (Å²) in [6.07, 6.45) is 8.55. The second kappa shape index (κ2) is 8.03. The molecule has 0 bridgehead atoms. The molecule has 1 aliphatic heterocycles. The fraction of sp³-hybridized carbons (Fsp3) is 0.500. The standard InChI is InChI=1S/C20H25FN4O2S/c21-18-8-6-16(7-9-18)14-25(28(26,27)15-17-4-5-17)19-12-22-20(23-13-19)24-10-2-1-3-11-24/h6-9,12-13,17H,1-5,10-11,14-15H2. The molecule has 8 heteroatoms. The zero-order valence-electron chi connectivity index (χ0n) is 15.8. The number of halogens is 1. The van der Waals surface area contributed by atoms with Gasteiger partial charge in [-0.3, -0.25) is 4.31 Å². The molecule has 0 amide bonds. The normalized spacial score (nSPS) is 17.5. The molecule has 0 unspecified atom stereocenters. The summed E-state index contributed by atoms with van der Waals surface area (Å²) in [5, 5.41) is 0. The van der Waals surface area contributed by atoms with Gasteiger partial charge in [0, 0.05) is 13.1 Å². The van der Waals surface area contributed by atoms with Crippen molar-refractivity contribution in [1.82, 2.24) is 9.97 Å². The Balaban J connectivity index is 1.59. The second-order valence-electron chi connectivity index (χ2n) is 7.64. The van der Waals surface area contributed by atoms with Gasteiger partial charge in [-0.2, -0.15) is 0 Å². The molecule has 150 valence electrons. The van der Waals surface area contributed by atoms with Gasteiger partial charge in [-0.05, 0) is 55.7 Å². The van der Waals surface area contributed by atoms with E-state index in [9.17, 15) is 12.8 Å². The van der Waals surface area contributed by atoms with Crippen molar-refractivity contribution in [2.24, 2.45) is 5.92 Å². The summed E-state index contributed by atoms with van der Waals surface area (Å²) in [5.41, 5.74) is 1.17. The molecule has 0 spiro atoms. The number of anilines is 2. The number of piperidine rings is 1. The molecule has 1 saturated heterocycles. The lowest BCUT2D eigenvalue weighted by Gasteiger charge is -2.28. The number of nitrogens with zero attached hydrogens (tertiary/aromatic N) is 4. The minimum Gasteiger partial charge on any atom is -0.341 e. The molecule has 6 nitrogen and oxygen atoms in total. The molecular formula is C20H25FN4O2S. The van der Waals surface area contributed by atoms with Crippen LogP contribution in [0.15, 0.2) is 36.7 Å². The maximum atomic E-state index is 13.2. The molecule has 2 fully saturated rings. The van der Waals surface area contributed by atoms with Crippen LogP contribution in [0.4, 0.5) is 16.0 Å². The minimum atomic E-state index is -3.51. The highest BCUT2D eigenvalue weighted by Crippen LogP contribution is 2.33. The van der Waals surface area contributed by atoms with Gasteiger partial charge in [0.25, 0.3) is 0 Å². The first kappa shape index (κ1) is 19.1. The summed E-state index contributed by atoms with van der Waals surface area (Å²) in [6.45, 7) is 2.00. The van der Waals surface area contributed by atoms with E-state index in [1.807, 2.05) is 0 Å². The summed E-state index contributed by atoms with van der Waals surface area (Å²) < 4.78 is 40.6. The monoisotopic (exact) mass is 404 g/mol. The Morgan fingerprint density at radius 2 is 1.68 bits per heavy atom. The van der Waals surface area contributed by atoms with Gasteiger partial charge in [0.1, 0.15) is 5.82 Å². The molecule has 1 aliphatic carbocycles. The van der Waals surface area contributed by atoms with Gasteiger partial charge in [0.05, 0.1) is 30.4 Å². The first-order valence-electron chi connectivity index (χ1n) is 9.83. The van der Waals surface area contributed by atoms with Crippen LogP contribution in [0.1, 0.15) is 37.7 Å². The van der Waals surface area contributed by atoms with E-state index in [0.717, 1.165) is 44.3 Å². The lowest BCUT2D eigenvalue weighted by Crippen LogP contribution is -2.34. The average Bonchev–Trinajstić information content (AvgIpc) is 3.51. The van der Waals surface area contributed by atoms with E-state index in [2.05, 4.69) is 14.9 Å². The quantitative estimate of drug-likeness (QED) is 0.708. The Kier molecular flexibility index (Phi) is 5.48. The van der Waals surface area contributed by atoms with Gasteiger partial charge in [-0.1, -0.05) is 12.1 Å². The van der Waals surface area contributed by atoms with Crippen molar-refractivity contribution in [2.45, 2.75) is 38.6 Å². The van der Waals surface area contributed by atoms with Crippen LogP contribution in [0.25, 0.3) is 0 Å². The van der Waals surface area contributed by atoms with Crippen molar-refractivity contribution < 1.29 is 12.8 Å². The van der Waals surface area contributed by atoms with Crippen molar-refractivity contribution in [3.63, 3.8) is 0 Å². The number of sulfonamides is 1. The SMILES string of the molecule is O=S(=O)(CC1CC1)N(Cc1ccc(F)cc1)c1cnc(N2CCCCC2)nc1. The van der Waals surface area contributed by atoms with Gasteiger partial charge < -0.3 is 4.90 Å². The summed E-state index contributed by atoms with van der Waals surface area (Å²) >= 11 is 0. The van der Waals surface area contributed by atoms with E-state index >= 15 is 0 Å². The number of benzene rings is 1. The fourth-order valence-electron chi connectivity index (χ4n) is 3.48. The lowest BCUT2D eigenvalue weighted by molar-refractivity contribution is 0.568. The molecule has 4 rings (SSSR count). The summed E-state index contributed by atoms with van der Waals surface area (Å²) in [5.74, 6) is 0.659. The molecule has 0 radical (unpaired) electrons. The Morgan fingerprint density at radius 3 is 2.29 bits per heavy atom. The average molecular weight is 405 g/mol. The van der Waals surface area contributed by atoms with Crippen LogP contribution in [0.2, 0.25) is 0 Å². The maximum absolute atomic E-state index is 13.2. The van der Waals surface area contributed by atoms with Crippen LogP contribution in [0.5, 0.6) is 0 Å². The van der Waals surface area contributed by atoms with E-state index in [4.69, 9.17) is 0 Å². The van der Waals surface area contributed by atoms with Crippen LogP contribution >= 0.6 is 0 Å².